The van der Waals surface area contributed by atoms with E-state index in [0.717, 1.165) is 11.6 Å². The van der Waals surface area contributed by atoms with E-state index in [1.165, 1.54) is 6.20 Å². The Bertz CT molecular complexity index is 580. The fourth-order valence-electron chi connectivity index (χ4n) is 1.03. The summed E-state index contributed by atoms with van der Waals surface area (Å²) in [7, 11) is -3.36. The molecular weight excluding hydrogens is 202 g/mol. The molecular formula is C8H7N3O2S. The predicted molar refractivity (Wildman–Crippen MR) is 50.4 cm³/mol. The molecule has 72 valence electrons. The van der Waals surface area contributed by atoms with Crippen LogP contribution in [-0.2, 0) is 9.84 Å². The van der Waals surface area contributed by atoms with Crippen LogP contribution in [-0.4, -0.2) is 29.6 Å². The molecule has 0 radical (unpaired) electrons. The molecule has 0 aliphatic rings. The lowest BCUT2D eigenvalue weighted by Crippen LogP contribution is -2.04. The number of hydrogen-bond donors (Lipinski definition) is 0. The number of fused-ring (bicyclic) bond motifs is 1. The van der Waals surface area contributed by atoms with Gasteiger partial charge in [-0.3, -0.25) is 0 Å². The summed E-state index contributed by atoms with van der Waals surface area (Å²) in [6.07, 6.45) is 4.07. The van der Waals surface area contributed by atoms with E-state index in [0.29, 0.717) is 5.65 Å². The first kappa shape index (κ1) is 9.01. The fraction of sp³-hybridized carbons (Fsp3) is 0.125. The highest BCUT2D eigenvalue weighted by atomic mass is 32.2. The smallest absolute Gasteiger partial charge is 0.236 e. The zero-order valence-electron chi connectivity index (χ0n) is 7.38. The van der Waals surface area contributed by atoms with Gasteiger partial charge in [0.2, 0.25) is 15.0 Å². The highest BCUT2D eigenvalue weighted by Crippen LogP contribution is 2.09. The van der Waals surface area contributed by atoms with Crippen molar-refractivity contribution in [3.63, 3.8) is 0 Å². The maximum Gasteiger partial charge on any atom is 0.248 e. The minimum atomic E-state index is -3.36. The van der Waals surface area contributed by atoms with Gasteiger partial charge in [-0.25, -0.2) is 18.4 Å². The summed E-state index contributed by atoms with van der Waals surface area (Å²) in [5.41, 5.74) is 0.392. The van der Waals surface area contributed by atoms with E-state index in [9.17, 15) is 8.42 Å². The third-order valence-corrected chi connectivity index (χ3v) is 2.52. The van der Waals surface area contributed by atoms with Crippen molar-refractivity contribution in [3.05, 3.63) is 24.5 Å². The molecule has 0 spiro atoms. The molecule has 0 atom stereocenters. The maximum atomic E-state index is 11.1. The highest BCUT2D eigenvalue weighted by Gasteiger charge is 2.11. The van der Waals surface area contributed by atoms with Crippen LogP contribution in [0, 0.1) is 0 Å². The first-order valence-corrected chi connectivity index (χ1v) is 5.74. The largest absolute Gasteiger partial charge is 0.248 e. The maximum absolute atomic E-state index is 11.1. The van der Waals surface area contributed by atoms with Crippen LogP contribution in [0.2, 0.25) is 0 Å². The van der Waals surface area contributed by atoms with Crippen LogP contribution >= 0.6 is 0 Å². The van der Waals surface area contributed by atoms with Gasteiger partial charge in [-0.2, -0.15) is 4.98 Å². The molecule has 0 N–H and O–H groups in total. The number of hydrogen-bond acceptors (Lipinski definition) is 5. The Morgan fingerprint density at radius 2 is 2.07 bits per heavy atom. The molecule has 0 unspecified atom stereocenters. The van der Waals surface area contributed by atoms with Gasteiger partial charge in [0.25, 0.3) is 0 Å². The van der Waals surface area contributed by atoms with Gasteiger partial charge in [-0.05, 0) is 12.1 Å². The Labute approximate surface area is 80.8 Å². The third-order valence-electron chi connectivity index (χ3n) is 1.66. The zero-order chi connectivity index (χ0) is 10.2. The summed E-state index contributed by atoms with van der Waals surface area (Å²) >= 11 is 0. The van der Waals surface area contributed by atoms with Crippen molar-refractivity contribution in [1.29, 1.82) is 0 Å². The number of nitrogens with zero attached hydrogens (tertiary/aromatic N) is 3. The van der Waals surface area contributed by atoms with E-state index in [1.807, 2.05) is 0 Å². The minimum absolute atomic E-state index is 0.191. The van der Waals surface area contributed by atoms with Crippen molar-refractivity contribution in [2.45, 2.75) is 5.16 Å². The molecule has 0 aliphatic carbocycles. The molecule has 2 aromatic rings. The Morgan fingerprint density at radius 3 is 2.79 bits per heavy atom. The van der Waals surface area contributed by atoms with E-state index in [4.69, 9.17) is 0 Å². The first-order chi connectivity index (χ1) is 6.57. The summed E-state index contributed by atoms with van der Waals surface area (Å²) in [5, 5.41) is 0.531. The average Bonchev–Trinajstić information content (AvgIpc) is 2.16. The molecule has 2 aromatic heterocycles. The molecule has 0 aliphatic heterocycles. The van der Waals surface area contributed by atoms with E-state index < -0.39 is 9.84 Å². The molecule has 0 bridgehead atoms. The lowest BCUT2D eigenvalue weighted by molar-refractivity contribution is 0.593. The minimum Gasteiger partial charge on any atom is -0.236 e. The summed E-state index contributed by atoms with van der Waals surface area (Å²) in [5.74, 6) is 0. The Morgan fingerprint density at radius 1 is 1.29 bits per heavy atom. The molecule has 5 nitrogen and oxygen atoms in total. The van der Waals surface area contributed by atoms with E-state index >= 15 is 0 Å². The van der Waals surface area contributed by atoms with E-state index in [1.54, 1.807) is 18.3 Å². The predicted octanol–water partition coefficient (Wildman–Crippen LogP) is 0.428. The summed E-state index contributed by atoms with van der Waals surface area (Å²) in [6, 6.07) is 3.51. The summed E-state index contributed by atoms with van der Waals surface area (Å²) < 4.78 is 22.2. The third kappa shape index (κ3) is 1.56. The van der Waals surface area contributed by atoms with Crippen LogP contribution in [0.5, 0.6) is 0 Å². The van der Waals surface area contributed by atoms with Gasteiger partial charge in [0.05, 0.1) is 0 Å². The Hall–Kier alpha value is -1.56. The van der Waals surface area contributed by atoms with Gasteiger partial charge < -0.3 is 0 Å². The highest BCUT2D eigenvalue weighted by molar-refractivity contribution is 7.90. The second-order valence-electron chi connectivity index (χ2n) is 2.84. The Kier molecular flexibility index (Phi) is 1.92. The quantitative estimate of drug-likeness (QED) is 0.637. The van der Waals surface area contributed by atoms with Gasteiger partial charge >= 0.3 is 0 Å². The van der Waals surface area contributed by atoms with Crippen LogP contribution in [0.1, 0.15) is 0 Å². The van der Waals surface area contributed by atoms with Crippen molar-refractivity contribution < 1.29 is 8.42 Å². The van der Waals surface area contributed by atoms with Crippen LogP contribution in [0.25, 0.3) is 11.0 Å². The SMILES string of the molecule is CS(=O)(=O)c1ncc2cccnc2n1. The second kappa shape index (κ2) is 2.98. The van der Waals surface area contributed by atoms with Crippen LogP contribution in [0.15, 0.2) is 29.7 Å². The molecule has 2 rings (SSSR count). The molecule has 0 saturated heterocycles. The van der Waals surface area contributed by atoms with Crippen molar-refractivity contribution >= 4 is 20.9 Å². The van der Waals surface area contributed by atoms with Crippen LogP contribution in [0.4, 0.5) is 0 Å². The number of sulfone groups is 1. The molecule has 14 heavy (non-hydrogen) atoms. The lowest BCUT2D eigenvalue weighted by Gasteiger charge is -1.97. The average molecular weight is 209 g/mol. The normalized spacial score (nSPS) is 11.8. The first-order valence-electron chi connectivity index (χ1n) is 3.85. The fourth-order valence-corrected chi connectivity index (χ4v) is 1.52. The van der Waals surface area contributed by atoms with Gasteiger partial charge in [0.15, 0.2) is 5.65 Å². The van der Waals surface area contributed by atoms with Crippen LogP contribution in [0.3, 0.4) is 0 Å². The topological polar surface area (TPSA) is 72.8 Å². The van der Waals surface area contributed by atoms with Gasteiger partial charge in [0, 0.05) is 24.0 Å². The summed E-state index contributed by atoms with van der Waals surface area (Å²) in [4.78, 5) is 11.5. The Balaban J connectivity index is 2.75. The monoisotopic (exact) mass is 209 g/mol. The lowest BCUT2D eigenvalue weighted by atomic mass is 10.3. The molecule has 0 fully saturated rings. The molecule has 2 heterocycles. The van der Waals surface area contributed by atoms with Gasteiger partial charge in [-0.1, -0.05) is 0 Å². The van der Waals surface area contributed by atoms with Crippen LogP contribution < -0.4 is 0 Å². The van der Waals surface area contributed by atoms with Gasteiger partial charge in [-0.15, -0.1) is 0 Å². The van der Waals surface area contributed by atoms with Gasteiger partial charge in [0.1, 0.15) is 0 Å². The summed E-state index contributed by atoms with van der Waals surface area (Å²) in [6.45, 7) is 0. The number of aromatic nitrogens is 3. The second-order valence-corrected chi connectivity index (χ2v) is 4.75. The zero-order valence-corrected chi connectivity index (χ0v) is 8.19. The van der Waals surface area contributed by atoms with Crippen molar-refractivity contribution in [2.75, 3.05) is 6.26 Å². The molecule has 0 amide bonds. The van der Waals surface area contributed by atoms with E-state index in [2.05, 4.69) is 15.0 Å². The molecule has 6 heteroatoms. The van der Waals surface area contributed by atoms with Crippen molar-refractivity contribution in [3.8, 4) is 0 Å². The molecule has 0 saturated carbocycles. The number of rotatable bonds is 1. The van der Waals surface area contributed by atoms with E-state index in [-0.39, 0.29) is 5.16 Å². The molecule has 0 aromatic carbocycles. The van der Waals surface area contributed by atoms with Crippen molar-refractivity contribution in [1.82, 2.24) is 15.0 Å². The standard InChI is InChI=1S/C8H7N3O2S/c1-14(12,13)8-10-5-6-3-2-4-9-7(6)11-8/h2-5H,1H3. The number of pyridine rings is 1. The van der Waals surface area contributed by atoms with Crippen molar-refractivity contribution in [2.24, 2.45) is 0 Å².